The first-order valence-electron chi connectivity index (χ1n) is 11.3. The van der Waals surface area contributed by atoms with Gasteiger partial charge in [-0.25, -0.2) is 23.5 Å². The van der Waals surface area contributed by atoms with Gasteiger partial charge in [-0.15, -0.1) is 0 Å². The third-order valence-electron chi connectivity index (χ3n) is 5.17. The van der Waals surface area contributed by atoms with Crippen LogP contribution in [-0.2, 0) is 32.2 Å². The predicted octanol–water partition coefficient (Wildman–Crippen LogP) is 0.491. The summed E-state index contributed by atoms with van der Waals surface area (Å²) < 4.78 is 11.6. The van der Waals surface area contributed by atoms with E-state index in [0.717, 1.165) is 15.6 Å². The van der Waals surface area contributed by atoms with Crippen LogP contribution in [0, 0.1) is 18.8 Å². The molecule has 1 rings (SSSR count). The van der Waals surface area contributed by atoms with Gasteiger partial charge in [0, 0.05) is 19.7 Å². The fourth-order valence-corrected chi connectivity index (χ4v) is 2.94. The zero-order valence-corrected chi connectivity index (χ0v) is 19.4. The van der Waals surface area contributed by atoms with Crippen molar-refractivity contribution in [2.24, 2.45) is 11.8 Å². The minimum absolute atomic E-state index is 0.0567. The Bertz CT molecular complexity index is 848. The van der Waals surface area contributed by atoms with Crippen LogP contribution in [-0.4, -0.2) is 51.0 Å². The smallest absolute Gasteiger partial charge is 0.336 e. The Labute approximate surface area is 192 Å². The molecule has 0 aromatic carbocycles. The number of aromatic amines is 1. The molecule has 0 aliphatic heterocycles. The Kier molecular flexibility index (Phi) is 13.1. The highest BCUT2D eigenvalue weighted by Gasteiger charge is 2.14. The lowest BCUT2D eigenvalue weighted by Crippen LogP contribution is -2.49. The zero-order chi connectivity index (χ0) is 24.8. The van der Waals surface area contributed by atoms with Gasteiger partial charge in [0.05, 0.1) is 26.1 Å². The molecule has 2 radical (unpaired) electrons. The summed E-state index contributed by atoms with van der Waals surface area (Å²) in [5, 5.41) is 8.96. The third-order valence-corrected chi connectivity index (χ3v) is 5.17. The van der Waals surface area contributed by atoms with Crippen molar-refractivity contribution < 1.29 is 24.2 Å². The van der Waals surface area contributed by atoms with E-state index < -0.39 is 29.0 Å². The molecular formula is C22H35N3O8. The SMILES string of the molecule is [CH]CC(C)CCCOC(=O)CCn1c(=O)[nH]c(=O)n(CCC(=O)OCCCC(C)CO)c1=O. The van der Waals surface area contributed by atoms with Gasteiger partial charge >= 0.3 is 29.0 Å². The molecule has 2 unspecified atom stereocenters. The van der Waals surface area contributed by atoms with Gasteiger partial charge in [-0.05, 0) is 50.9 Å². The molecule has 0 saturated heterocycles. The van der Waals surface area contributed by atoms with E-state index in [1.165, 1.54) is 0 Å². The number of aliphatic hydroxyl groups is 1. The number of rotatable bonds is 16. The maximum absolute atomic E-state index is 12.5. The Morgan fingerprint density at radius 2 is 1.36 bits per heavy atom. The van der Waals surface area contributed by atoms with E-state index in [2.05, 4.69) is 0 Å². The van der Waals surface area contributed by atoms with Crippen LogP contribution in [0.25, 0.3) is 0 Å². The van der Waals surface area contributed by atoms with Crippen LogP contribution in [0.3, 0.4) is 0 Å². The predicted molar refractivity (Wildman–Crippen MR) is 120 cm³/mol. The van der Waals surface area contributed by atoms with E-state index in [0.29, 0.717) is 31.6 Å². The number of nitrogens with one attached hydrogen (secondary N) is 1. The Hall–Kier alpha value is -2.69. The number of hydrogen-bond donors (Lipinski definition) is 2. The summed E-state index contributed by atoms with van der Waals surface area (Å²) in [6, 6.07) is 0. The summed E-state index contributed by atoms with van der Waals surface area (Å²) in [7, 11) is 0. The lowest BCUT2D eigenvalue weighted by Gasteiger charge is -2.10. The van der Waals surface area contributed by atoms with Crippen LogP contribution in [0.15, 0.2) is 14.4 Å². The molecule has 0 spiro atoms. The van der Waals surface area contributed by atoms with Crippen LogP contribution in [0.5, 0.6) is 0 Å². The highest BCUT2D eigenvalue weighted by atomic mass is 16.5. The van der Waals surface area contributed by atoms with Crippen molar-refractivity contribution in [3.63, 3.8) is 0 Å². The van der Waals surface area contributed by atoms with Crippen LogP contribution in [0.4, 0.5) is 0 Å². The topological polar surface area (TPSA) is 150 Å². The molecule has 1 aromatic heterocycles. The van der Waals surface area contributed by atoms with Crippen molar-refractivity contribution in [2.45, 2.75) is 71.9 Å². The maximum atomic E-state index is 12.5. The number of H-pyrrole nitrogens is 1. The number of nitrogens with zero attached hydrogens (tertiary/aromatic N) is 2. The lowest BCUT2D eigenvalue weighted by molar-refractivity contribution is -0.144. The number of aliphatic hydroxyl groups excluding tert-OH is 1. The average Bonchev–Trinajstić information content (AvgIpc) is 2.78. The quantitative estimate of drug-likeness (QED) is 0.262. The van der Waals surface area contributed by atoms with Gasteiger partial charge in [0.1, 0.15) is 0 Å². The van der Waals surface area contributed by atoms with Crippen molar-refractivity contribution in [3.05, 3.63) is 38.4 Å². The van der Waals surface area contributed by atoms with Gasteiger partial charge in [-0.2, -0.15) is 0 Å². The largest absolute Gasteiger partial charge is 0.466 e. The second kappa shape index (κ2) is 15.2. The second-order valence-electron chi connectivity index (χ2n) is 8.18. The van der Waals surface area contributed by atoms with E-state index in [1.54, 1.807) is 0 Å². The van der Waals surface area contributed by atoms with Crippen molar-refractivity contribution in [2.75, 3.05) is 19.8 Å². The molecule has 186 valence electrons. The molecule has 11 nitrogen and oxygen atoms in total. The fourth-order valence-electron chi connectivity index (χ4n) is 2.94. The summed E-state index contributed by atoms with van der Waals surface area (Å²) in [4.78, 5) is 62.3. The summed E-state index contributed by atoms with van der Waals surface area (Å²) in [5.41, 5.74) is -2.80. The molecule has 2 atom stereocenters. The van der Waals surface area contributed by atoms with E-state index in [1.807, 2.05) is 18.8 Å². The Morgan fingerprint density at radius 1 is 0.909 bits per heavy atom. The van der Waals surface area contributed by atoms with E-state index >= 15 is 0 Å². The number of ether oxygens (including phenoxy) is 2. The third kappa shape index (κ3) is 10.6. The number of esters is 2. The van der Waals surface area contributed by atoms with E-state index in [4.69, 9.17) is 21.5 Å². The number of hydrogen-bond acceptors (Lipinski definition) is 8. The monoisotopic (exact) mass is 469 g/mol. The van der Waals surface area contributed by atoms with Crippen LogP contribution in [0.1, 0.15) is 58.8 Å². The molecule has 0 aliphatic carbocycles. The molecule has 11 heteroatoms. The fraction of sp³-hybridized carbons (Fsp3) is 0.727. The van der Waals surface area contributed by atoms with Crippen LogP contribution in [0.2, 0.25) is 0 Å². The molecule has 1 heterocycles. The Balaban J connectivity index is 2.58. The molecule has 1 aromatic rings. The molecule has 0 bridgehead atoms. The summed E-state index contributed by atoms with van der Waals surface area (Å²) >= 11 is 0. The maximum Gasteiger partial charge on any atom is 0.336 e. The minimum Gasteiger partial charge on any atom is -0.466 e. The van der Waals surface area contributed by atoms with Gasteiger partial charge in [0.2, 0.25) is 0 Å². The Morgan fingerprint density at radius 3 is 1.79 bits per heavy atom. The van der Waals surface area contributed by atoms with Gasteiger partial charge in [0.15, 0.2) is 0 Å². The molecule has 0 aliphatic rings. The molecular weight excluding hydrogens is 434 g/mol. The standard InChI is InChI=1S/C22H35N3O8/c1-4-16(2)7-5-13-32-18(27)9-11-24-20(29)23-21(30)25(22(24)31)12-10-19(28)33-14-6-8-17(3)15-26/h1,16-17,26H,4-15H2,2-3H3,(H,23,29,30). The molecule has 0 saturated carbocycles. The van der Waals surface area contributed by atoms with Crippen molar-refractivity contribution in [1.82, 2.24) is 14.1 Å². The number of carbonyl (C=O) groups excluding carboxylic acids is 2. The van der Waals surface area contributed by atoms with Crippen molar-refractivity contribution in [1.29, 1.82) is 0 Å². The molecule has 2 N–H and O–H groups in total. The summed E-state index contributed by atoms with van der Waals surface area (Å²) in [5.74, 6) is -0.727. The van der Waals surface area contributed by atoms with Gasteiger partial charge in [-0.3, -0.25) is 14.6 Å². The summed E-state index contributed by atoms with van der Waals surface area (Å²) in [6.07, 6.45) is 2.85. The zero-order valence-electron chi connectivity index (χ0n) is 19.4. The van der Waals surface area contributed by atoms with Crippen LogP contribution < -0.4 is 17.1 Å². The highest BCUT2D eigenvalue weighted by molar-refractivity contribution is 5.69. The first kappa shape index (κ1) is 28.3. The van der Waals surface area contributed by atoms with Crippen LogP contribution >= 0.6 is 0 Å². The normalized spacial score (nSPS) is 12.8. The second-order valence-corrected chi connectivity index (χ2v) is 8.18. The van der Waals surface area contributed by atoms with Crippen molar-refractivity contribution in [3.8, 4) is 0 Å². The summed E-state index contributed by atoms with van der Waals surface area (Å²) in [6.45, 7) is 9.30. The molecule has 0 fully saturated rings. The number of carbonyl (C=O) groups is 2. The molecule has 0 amide bonds. The van der Waals surface area contributed by atoms with E-state index in [-0.39, 0.29) is 51.7 Å². The van der Waals surface area contributed by atoms with Crippen molar-refractivity contribution >= 4 is 11.9 Å². The first-order chi connectivity index (χ1) is 15.7. The number of aromatic nitrogens is 3. The van der Waals surface area contributed by atoms with Gasteiger partial charge in [0.25, 0.3) is 0 Å². The van der Waals surface area contributed by atoms with Gasteiger partial charge in [-0.1, -0.05) is 13.8 Å². The minimum atomic E-state index is -0.942. The average molecular weight is 470 g/mol. The molecule has 33 heavy (non-hydrogen) atoms. The van der Waals surface area contributed by atoms with Gasteiger partial charge < -0.3 is 14.6 Å². The lowest BCUT2D eigenvalue weighted by atomic mass is 10.0. The van der Waals surface area contributed by atoms with E-state index in [9.17, 15) is 24.0 Å². The first-order valence-corrected chi connectivity index (χ1v) is 11.3. The highest BCUT2D eigenvalue weighted by Crippen LogP contribution is 2.09.